The van der Waals surface area contributed by atoms with Crippen LogP contribution in [0.4, 0.5) is 0 Å². The second kappa shape index (κ2) is 3.95. The molecular weight excluding hydrogens is 188 g/mol. The summed E-state index contributed by atoms with van der Waals surface area (Å²) in [7, 11) is 1.68. The zero-order chi connectivity index (χ0) is 10.8. The van der Waals surface area contributed by atoms with Crippen molar-refractivity contribution in [3.63, 3.8) is 0 Å². The molecule has 1 unspecified atom stereocenters. The lowest BCUT2D eigenvalue weighted by Gasteiger charge is -2.04. The predicted molar refractivity (Wildman–Crippen MR) is 62.2 cm³/mol. The van der Waals surface area contributed by atoms with E-state index >= 15 is 0 Å². The summed E-state index contributed by atoms with van der Waals surface area (Å²) in [5.41, 5.74) is 8.10. The molecule has 3 N–H and O–H groups in total. The number of methoxy groups -OCH3 is 1. The van der Waals surface area contributed by atoms with Crippen LogP contribution in [0.25, 0.3) is 10.9 Å². The minimum absolute atomic E-state index is 0.176. The van der Waals surface area contributed by atoms with Crippen molar-refractivity contribution in [3.8, 4) is 5.75 Å². The monoisotopic (exact) mass is 204 g/mol. The molecule has 2 aromatic rings. The molecule has 0 aliphatic heterocycles. The Balaban J connectivity index is 2.51. The van der Waals surface area contributed by atoms with Crippen molar-refractivity contribution < 1.29 is 4.74 Å². The molecule has 15 heavy (non-hydrogen) atoms. The second-order valence-corrected chi connectivity index (χ2v) is 3.88. The molecule has 0 fully saturated rings. The Morgan fingerprint density at radius 2 is 2.27 bits per heavy atom. The molecule has 1 aromatic carbocycles. The molecule has 1 aromatic heterocycles. The summed E-state index contributed by atoms with van der Waals surface area (Å²) in [6, 6.07) is 6.22. The molecule has 3 nitrogen and oxygen atoms in total. The van der Waals surface area contributed by atoms with Crippen molar-refractivity contribution in [2.75, 3.05) is 7.11 Å². The number of para-hydroxylation sites is 1. The lowest BCUT2D eigenvalue weighted by molar-refractivity contribution is 0.419. The van der Waals surface area contributed by atoms with Crippen LogP contribution in [0.2, 0.25) is 0 Å². The zero-order valence-corrected chi connectivity index (χ0v) is 9.08. The molecule has 0 bridgehead atoms. The third kappa shape index (κ3) is 1.83. The molecule has 80 valence electrons. The number of benzene rings is 1. The van der Waals surface area contributed by atoms with Gasteiger partial charge < -0.3 is 15.5 Å². The van der Waals surface area contributed by atoms with Crippen LogP contribution in [0, 0.1) is 0 Å². The summed E-state index contributed by atoms with van der Waals surface area (Å²) in [4.78, 5) is 3.23. The Morgan fingerprint density at radius 3 is 2.93 bits per heavy atom. The van der Waals surface area contributed by atoms with Crippen molar-refractivity contribution in [2.45, 2.75) is 19.4 Å². The van der Waals surface area contributed by atoms with E-state index in [1.54, 1.807) is 7.11 Å². The number of H-pyrrole nitrogens is 1. The highest BCUT2D eigenvalue weighted by Gasteiger charge is 2.08. The van der Waals surface area contributed by atoms with Gasteiger partial charge in [0.1, 0.15) is 5.75 Å². The maximum atomic E-state index is 5.80. The number of fused-ring (bicyclic) bond motifs is 1. The number of ether oxygens (including phenoxy) is 1. The van der Waals surface area contributed by atoms with E-state index in [-0.39, 0.29) is 6.04 Å². The Kier molecular flexibility index (Phi) is 2.64. The van der Waals surface area contributed by atoms with Gasteiger partial charge in [-0.3, -0.25) is 0 Å². The first-order valence-corrected chi connectivity index (χ1v) is 5.11. The van der Waals surface area contributed by atoms with Gasteiger partial charge >= 0.3 is 0 Å². The molecule has 0 radical (unpaired) electrons. The highest BCUT2D eigenvalue weighted by molar-refractivity contribution is 5.88. The van der Waals surface area contributed by atoms with E-state index in [0.29, 0.717) is 0 Å². The zero-order valence-electron chi connectivity index (χ0n) is 9.08. The van der Waals surface area contributed by atoms with E-state index in [2.05, 4.69) is 11.1 Å². The normalized spacial score (nSPS) is 13.0. The van der Waals surface area contributed by atoms with Gasteiger partial charge in [-0.1, -0.05) is 12.1 Å². The van der Waals surface area contributed by atoms with Gasteiger partial charge in [0.05, 0.1) is 12.6 Å². The van der Waals surface area contributed by atoms with Crippen molar-refractivity contribution in [1.82, 2.24) is 4.98 Å². The average molecular weight is 204 g/mol. The van der Waals surface area contributed by atoms with Crippen LogP contribution in [-0.4, -0.2) is 18.1 Å². The quantitative estimate of drug-likeness (QED) is 0.804. The third-order valence-corrected chi connectivity index (χ3v) is 2.52. The number of aromatic nitrogens is 1. The van der Waals surface area contributed by atoms with E-state index in [9.17, 15) is 0 Å². The Morgan fingerprint density at radius 1 is 1.47 bits per heavy atom. The van der Waals surface area contributed by atoms with Gasteiger partial charge in [-0.2, -0.15) is 0 Å². The van der Waals surface area contributed by atoms with Gasteiger partial charge in [0.25, 0.3) is 0 Å². The minimum atomic E-state index is 0.176. The lowest BCUT2D eigenvalue weighted by Crippen LogP contribution is -2.17. The van der Waals surface area contributed by atoms with Gasteiger partial charge in [-0.05, 0) is 25.0 Å². The number of aromatic amines is 1. The van der Waals surface area contributed by atoms with Crippen LogP contribution in [0.15, 0.2) is 24.4 Å². The number of rotatable bonds is 3. The minimum Gasteiger partial charge on any atom is -0.495 e. The van der Waals surface area contributed by atoms with Crippen LogP contribution in [0.3, 0.4) is 0 Å². The largest absolute Gasteiger partial charge is 0.495 e. The van der Waals surface area contributed by atoms with Crippen LogP contribution in [0.5, 0.6) is 5.75 Å². The standard InChI is InChI=1S/C12H16N2O/c1-8(13)6-9-7-14-12-10(9)4-3-5-11(12)15-2/h3-5,7-8,14H,6,13H2,1-2H3. The molecule has 1 atom stereocenters. The van der Waals surface area contributed by atoms with Crippen LogP contribution in [-0.2, 0) is 6.42 Å². The Labute approximate surface area is 89.2 Å². The number of nitrogens with two attached hydrogens (primary N) is 1. The lowest BCUT2D eigenvalue weighted by atomic mass is 10.1. The topological polar surface area (TPSA) is 51.0 Å². The Bertz CT molecular complexity index is 460. The molecule has 0 spiro atoms. The fourth-order valence-corrected chi connectivity index (χ4v) is 1.87. The summed E-state index contributed by atoms with van der Waals surface area (Å²) in [5, 5.41) is 1.20. The Hall–Kier alpha value is -1.48. The van der Waals surface area contributed by atoms with Crippen LogP contribution >= 0.6 is 0 Å². The first-order valence-electron chi connectivity index (χ1n) is 5.11. The maximum absolute atomic E-state index is 5.80. The highest BCUT2D eigenvalue weighted by atomic mass is 16.5. The van der Waals surface area contributed by atoms with E-state index in [4.69, 9.17) is 10.5 Å². The highest BCUT2D eigenvalue weighted by Crippen LogP contribution is 2.27. The number of hydrogen-bond donors (Lipinski definition) is 2. The molecular formula is C12H16N2O. The van der Waals surface area contributed by atoms with Crippen LogP contribution in [0.1, 0.15) is 12.5 Å². The molecule has 1 heterocycles. The van der Waals surface area contributed by atoms with E-state index in [1.807, 2.05) is 25.3 Å². The SMILES string of the molecule is COc1cccc2c(CC(C)N)c[nH]c12. The number of hydrogen-bond acceptors (Lipinski definition) is 2. The summed E-state index contributed by atoms with van der Waals surface area (Å²) >= 11 is 0. The van der Waals surface area contributed by atoms with Gasteiger partial charge in [0.2, 0.25) is 0 Å². The smallest absolute Gasteiger partial charge is 0.142 e. The molecule has 3 heteroatoms. The summed E-state index contributed by atoms with van der Waals surface area (Å²) in [6.45, 7) is 2.01. The fourth-order valence-electron chi connectivity index (χ4n) is 1.87. The third-order valence-electron chi connectivity index (χ3n) is 2.52. The predicted octanol–water partition coefficient (Wildman–Crippen LogP) is 2.07. The van der Waals surface area contributed by atoms with Gasteiger partial charge in [0.15, 0.2) is 0 Å². The molecule has 0 saturated carbocycles. The molecule has 0 saturated heterocycles. The van der Waals surface area contributed by atoms with Gasteiger partial charge in [0, 0.05) is 17.6 Å². The molecule has 2 rings (SSSR count). The molecule has 0 amide bonds. The van der Waals surface area contributed by atoms with Crippen LogP contribution < -0.4 is 10.5 Å². The van der Waals surface area contributed by atoms with Crippen molar-refractivity contribution >= 4 is 10.9 Å². The summed E-state index contributed by atoms with van der Waals surface area (Å²) < 4.78 is 5.28. The van der Waals surface area contributed by atoms with Gasteiger partial charge in [-0.25, -0.2) is 0 Å². The number of nitrogens with one attached hydrogen (secondary N) is 1. The molecule has 0 aliphatic rings. The summed E-state index contributed by atoms with van der Waals surface area (Å²) in [6.07, 6.45) is 2.89. The van der Waals surface area contributed by atoms with Crippen molar-refractivity contribution in [1.29, 1.82) is 0 Å². The van der Waals surface area contributed by atoms with E-state index in [0.717, 1.165) is 17.7 Å². The second-order valence-electron chi connectivity index (χ2n) is 3.88. The van der Waals surface area contributed by atoms with Crippen molar-refractivity contribution in [3.05, 3.63) is 30.0 Å². The fraction of sp³-hybridized carbons (Fsp3) is 0.333. The van der Waals surface area contributed by atoms with E-state index in [1.165, 1.54) is 10.9 Å². The molecule has 0 aliphatic carbocycles. The van der Waals surface area contributed by atoms with E-state index < -0.39 is 0 Å². The van der Waals surface area contributed by atoms with Gasteiger partial charge in [-0.15, -0.1) is 0 Å². The first-order chi connectivity index (χ1) is 7.22. The first kappa shape index (κ1) is 10.1. The van der Waals surface area contributed by atoms with Crippen molar-refractivity contribution in [2.24, 2.45) is 5.73 Å². The summed E-state index contributed by atoms with van der Waals surface area (Å²) in [5.74, 6) is 0.878. The maximum Gasteiger partial charge on any atom is 0.142 e. The average Bonchev–Trinajstić information content (AvgIpc) is 2.61.